The van der Waals surface area contributed by atoms with Crippen LogP contribution in [0.2, 0.25) is 0 Å². The smallest absolute Gasteiger partial charge is 0.389 e. The highest BCUT2D eigenvalue weighted by molar-refractivity contribution is 8.00. The van der Waals surface area contributed by atoms with Crippen molar-refractivity contribution in [1.29, 1.82) is 0 Å². The van der Waals surface area contributed by atoms with Gasteiger partial charge in [0.2, 0.25) is 0 Å². The van der Waals surface area contributed by atoms with E-state index in [9.17, 15) is 13.2 Å². The van der Waals surface area contributed by atoms with Gasteiger partial charge in [-0.05, 0) is 36.4 Å². The normalized spacial score (nSPS) is 14.3. The van der Waals surface area contributed by atoms with E-state index in [2.05, 4.69) is 0 Å². The van der Waals surface area contributed by atoms with Crippen LogP contribution in [-0.2, 0) is 0 Å². The number of halogens is 3. The standard InChI is InChI=1S/C11H11F3OS/c1-8(15)2-3-9-4-6-10(7-5-9)16-11(12,13)14/h2-8,15H,1H3/b3-2+. The zero-order chi connectivity index (χ0) is 12.2. The molecule has 0 aliphatic heterocycles. The van der Waals surface area contributed by atoms with E-state index in [1.54, 1.807) is 31.2 Å². The summed E-state index contributed by atoms with van der Waals surface area (Å²) in [6.07, 6.45) is 2.66. The van der Waals surface area contributed by atoms with Gasteiger partial charge in [-0.3, -0.25) is 0 Å². The first-order chi connectivity index (χ1) is 7.37. The molecule has 1 nitrogen and oxygen atoms in total. The average molecular weight is 248 g/mol. The summed E-state index contributed by atoms with van der Waals surface area (Å²) in [6.45, 7) is 1.60. The molecule has 1 atom stereocenters. The van der Waals surface area contributed by atoms with Crippen molar-refractivity contribution >= 4 is 17.8 Å². The van der Waals surface area contributed by atoms with Gasteiger partial charge < -0.3 is 5.11 Å². The number of hydrogen-bond acceptors (Lipinski definition) is 2. The largest absolute Gasteiger partial charge is 0.446 e. The highest BCUT2D eigenvalue weighted by Crippen LogP contribution is 2.36. The molecule has 0 aromatic heterocycles. The summed E-state index contributed by atoms with van der Waals surface area (Å²) in [5.74, 6) is 0. The van der Waals surface area contributed by atoms with Crippen LogP contribution in [0.3, 0.4) is 0 Å². The number of alkyl halides is 3. The van der Waals surface area contributed by atoms with Crippen molar-refractivity contribution in [2.24, 2.45) is 0 Å². The molecule has 5 heteroatoms. The lowest BCUT2D eigenvalue weighted by molar-refractivity contribution is -0.0328. The quantitative estimate of drug-likeness (QED) is 0.823. The van der Waals surface area contributed by atoms with Gasteiger partial charge in [-0.1, -0.05) is 24.3 Å². The van der Waals surface area contributed by atoms with Gasteiger partial charge >= 0.3 is 5.51 Å². The van der Waals surface area contributed by atoms with Crippen LogP contribution in [0.15, 0.2) is 35.2 Å². The van der Waals surface area contributed by atoms with Crippen molar-refractivity contribution in [3.8, 4) is 0 Å². The fourth-order valence-corrected chi connectivity index (χ4v) is 1.57. The van der Waals surface area contributed by atoms with Crippen LogP contribution in [0.25, 0.3) is 6.08 Å². The van der Waals surface area contributed by atoms with E-state index in [-0.39, 0.29) is 16.7 Å². The van der Waals surface area contributed by atoms with Crippen LogP contribution < -0.4 is 0 Å². The Bertz CT molecular complexity index is 354. The topological polar surface area (TPSA) is 20.2 Å². The van der Waals surface area contributed by atoms with Gasteiger partial charge in [0.05, 0.1) is 6.10 Å². The molecule has 0 radical (unpaired) electrons. The summed E-state index contributed by atoms with van der Waals surface area (Å²) in [7, 11) is 0. The van der Waals surface area contributed by atoms with Gasteiger partial charge in [-0.15, -0.1) is 0 Å². The minimum absolute atomic E-state index is 0.140. The van der Waals surface area contributed by atoms with E-state index in [4.69, 9.17) is 5.11 Å². The van der Waals surface area contributed by atoms with Gasteiger partial charge in [-0.25, -0.2) is 0 Å². The molecule has 88 valence electrons. The molecular formula is C11H11F3OS. The number of hydrogen-bond donors (Lipinski definition) is 1. The molecule has 1 aromatic carbocycles. The fraction of sp³-hybridized carbons (Fsp3) is 0.273. The predicted molar refractivity (Wildman–Crippen MR) is 59.1 cm³/mol. The molecular weight excluding hydrogens is 237 g/mol. The Balaban J connectivity index is 2.68. The van der Waals surface area contributed by atoms with E-state index >= 15 is 0 Å². The van der Waals surface area contributed by atoms with E-state index in [1.807, 2.05) is 0 Å². The van der Waals surface area contributed by atoms with Crippen molar-refractivity contribution < 1.29 is 18.3 Å². The summed E-state index contributed by atoms with van der Waals surface area (Å²) in [4.78, 5) is 0.154. The van der Waals surface area contributed by atoms with E-state index in [0.717, 1.165) is 5.56 Å². The molecule has 0 aliphatic carbocycles. The van der Waals surface area contributed by atoms with E-state index in [1.165, 1.54) is 12.1 Å². The van der Waals surface area contributed by atoms with Crippen molar-refractivity contribution in [1.82, 2.24) is 0 Å². The molecule has 0 amide bonds. The second-order valence-electron chi connectivity index (χ2n) is 3.22. The lowest BCUT2D eigenvalue weighted by Crippen LogP contribution is -1.98. The molecule has 16 heavy (non-hydrogen) atoms. The third kappa shape index (κ3) is 5.23. The van der Waals surface area contributed by atoms with Gasteiger partial charge in [0.1, 0.15) is 0 Å². The van der Waals surface area contributed by atoms with Crippen molar-refractivity contribution in [2.75, 3.05) is 0 Å². The minimum Gasteiger partial charge on any atom is -0.389 e. The van der Waals surface area contributed by atoms with E-state index < -0.39 is 11.6 Å². The summed E-state index contributed by atoms with van der Waals surface area (Å²) >= 11 is -0.140. The molecule has 0 fully saturated rings. The maximum absolute atomic E-state index is 12.0. The number of rotatable bonds is 3. The molecule has 0 saturated carbocycles. The first-order valence-corrected chi connectivity index (χ1v) is 5.40. The van der Waals surface area contributed by atoms with Crippen LogP contribution >= 0.6 is 11.8 Å². The summed E-state index contributed by atoms with van der Waals surface area (Å²) < 4.78 is 36.0. The van der Waals surface area contributed by atoms with Gasteiger partial charge in [0, 0.05) is 4.90 Å². The number of aliphatic hydroxyl groups is 1. The Morgan fingerprint density at radius 3 is 2.25 bits per heavy atom. The molecule has 1 rings (SSSR count). The molecule has 1 unspecified atom stereocenters. The molecule has 0 spiro atoms. The monoisotopic (exact) mass is 248 g/mol. The Morgan fingerprint density at radius 2 is 1.81 bits per heavy atom. The van der Waals surface area contributed by atoms with Crippen molar-refractivity contribution in [3.05, 3.63) is 35.9 Å². The maximum Gasteiger partial charge on any atom is 0.446 e. The lowest BCUT2D eigenvalue weighted by atomic mass is 10.2. The Kier molecular flexibility index (Phi) is 4.44. The van der Waals surface area contributed by atoms with Gasteiger partial charge in [0.25, 0.3) is 0 Å². The first kappa shape index (κ1) is 13.1. The fourth-order valence-electron chi connectivity index (χ4n) is 1.03. The van der Waals surface area contributed by atoms with Gasteiger partial charge in [0.15, 0.2) is 0 Å². The molecule has 0 heterocycles. The lowest BCUT2D eigenvalue weighted by Gasteiger charge is -2.05. The average Bonchev–Trinajstić information content (AvgIpc) is 2.14. The third-order valence-electron chi connectivity index (χ3n) is 1.68. The zero-order valence-corrected chi connectivity index (χ0v) is 9.35. The van der Waals surface area contributed by atoms with Gasteiger partial charge in [-0.2, -0.15) is 13.2 Å². The second-order valence-corrected chi connectivity index (χ2v) is 4.35. The van der Waals surface area contributed by atoms with Crippen LogP contribution in [0.5, 0.6) is 0 Å². The summed E-state index contributed by atoms with van der Waals surface area (Å²) in [6, 6.07) is 5.96. The molecule has 0 saturated heterocycles. The second kappa shape index (κ2) is 5.41. The Morgan fingerprint density at radius 1 is 1.25 bits per heavy atom. The van der Waals surface area contributed by atoms with Crippen molar-refractivity contribution in [2.45, 2.75) is 23.4 Å². The number of thioether (sulfide) groups is 1. The van der Waals surface area contributed by atoms with E-state index in [0.29, 0.717) is 0 Å². The minimum atomic E-state index is -4.25. The Labute approximate surface area is 96.0 Å². The van der Waals surface area contributed by atoms with Crippen LogP contribution in [0, 0.1) is 0 Å². The summed E-state index contributed by atoms with van der Waals surface area (Å²) in [5, 5.41) is 8.98. The first-order valence-electron chi connectivity index (χ1n) is 4.59. The molecule has 1 aromatic rings. The van der Waals surface area contributed by atoms with Crippen LogP contribution in [0.4, 0.5) is 13.2 Å². The molecule has 1 N–H and O–H groups in total. The molecule has 0 bridgehead atoms. The SMILES string of the molecule is CC(O)/C=C/c1ccc(SC(F)(F)F)cc1. The third-order valence-corrected chi connectivity index (χ3v) is 2.42. The zero-order valence-electron chi connectivity index (χ0n) is 8.53. The highest BCUT2D eigenvalue weighted by atomic mass is 32.2. The predicted octanol–water partition coefficient (Wildman–Crippen LogP) is 3.69. The number of benzene rings is 1. The maximum atomic E-state index is 12.0. The van der Waals surface area contributed by atoms with Crippen LogP contribution in [0.1, 0.15) is 12.5 Å². The molecule has 0 aliphatic rings. The summed E-state index contributed by atoms with van der Waals surface area (Å²) in [5.41, 5.74) is -3.50. The Hall–Kier alpha value is -0.940. The highest BCUT2D eigenvalue weighted by Gasteiger charge is 2.28. The number of aliphatic hydroxyl groups excluding tert-OH is 1. The van der Waals surface area contributed by atoms with Crippen LogP contribution in [-0.4, -0.2) is 16.7 Å². The van der Waals surface area contributed by atoms with Crippen molar-refractivity contribution in [3.63, 3.8) is 0 Å².